The van der Waals surface area contributed by atoms with E-state index in [-0.39, 0.29) is 22.9 Å². The molecule has 1 aromatic rings. The van der Waals surface area contributed by atoms with Crippen molar-refractivity contribution in [2.24, 2.45) is 16.7 Å². The lowest BCUT2D eigenvalue weighted by molar-refractivity contribution is -0.153. The number of hydrogen-bond donors (Lipinski definition) is 0. The highest BCUT2D eigenvalue weighted by Gasteiger charge is 2.62. The van der Waals surface area contributed by atoms with Crippen molar-refractivity contribution in [3.05, 3.63) is 24.5 Å². The number of pyridine rings is 1. The molecule has 114 valence electrons. The van der Waals surface area contributed by atoms with Crippen molar-refractivity contribution in [1.82, 2.24) is 4.98 Å². The second-order valence-corrected chi connectivity index (χ2v) is 8.11. The molecule has 0 aromatic carbocycles. The number of aromatic nitrogens is 1. The van der Waals surface area contributed by atoms with Crippen LogP contribution in [-0.2, 0) is 9.53 Å². The number of carbonyl (C=O) groups is 1. The van der Waals surface area contributed by atoms with Gasteiger partial charge in [0.2, 0.25) is 0 Å². The van der Waals surface area contributed by atoms with Gasteiger partial charge >= 0.3 is 5.97 Å². The van der Waals surface area contributed by atoms with Gasteiger partial charge in [-0.3, -0.25) is 9.78 Å². The van der Waals surface area contributed by atoms with Crippen molar-refractivity contribution in [1.29, 1.82) is 0 Å². The summed E-state index contributed by atoms with van der Waals surface area (Å²) in [6, 6.07) is 3.83. The molecule has 0 N–H and O–H groups in total. The zero-order chi connectivity index (χ0) is 15.1. The Hall–Kier alpha value is -1.03. The van der Waals surface area contributed by atoms with Crippen molar-refractivity contribution in [2.45, 2.75) is 51.0 Å². The Morgan fingerprint density at radius 2 is 2.10 bits per heavy atom. The highest BCUT2D eigenvalue weighted by molar-refractivity contribution is 8.00. The van der Waals surface area contributed by atoms with E-state index in [2.05, 4.69) is 25.8 Å². The number of rotatable bonds is 4. The first-order valence-electron chi connectivity index (χ1n) is 7.66. The second kappa shape index (κ2) is 5.31. The fraction of sp³-hybridized carbons (Fsp3) is 0.647. The third-order valence-electron chi connectivity index (χ3n) is 5.99. The Morgan fingerprint density at radius 3 is 2.67 bits per heavy atom. The lowest BCUT2D eigenvalue weighted by Crippen LogP contribution is -2.38. The van der Waals surface area contributed by atoms with Crippen LogP contribution in [0.3, 0.4) is 0 Å². The number of carbonyl (C=O) groups excluding carboxylic acids is 1. The van der Waals surface area contributed by atoms with E-state index in [1.165, 1.54) is 24.6 Å². The topological polar surface area (TPSA) is 39.2 Å². The fourth-order valence-corrected chi connectivity index (χ4v) is 4.74. The summed E-state index contributed by atoms with van der Waals surface area (Å²) >= 11 is 1.52. The number of nitrogens with zero attached hydrogens (tertiary/aromatic N) is 1. The Kier molecular flexibility index (Phi) is 3.76. The average Bonchev–Trinajstić information content (AvgIpc) is 2.79. The van der Waals surface area contributed by atoms with Crippen molar-refractivity contribution in [2.75, 3.05) is 5.75 Å². The van der Waals surface area contributed by atoms with Gasteiger partial charge in [0.05, 0.1) is 5.75 Å². The normalized spacial score (nSPS) is 33.1. The number of fused-ring (bicyclic) bond motifs is 2. The molecule has 4 heteroatoms. The standard InChI is InChI=1S/C17H23NO2S/c1-16(2)12-4-7-17(16,3)14(10-12)20-15(19)11-21-13-5-8-18-9-6-13/h5-6,8-9,12,14H,4,7,10-11H2,1-3H3. The zero-order valence-corrected chi connectivity index (χ0v) is 13.8. The molecule has 2 aliphatic carbocycles. The van der Waals surface area contributed by atoms with Gasteiger partial charge in [0, 0.05) is 22.7 Å². The van der Waals surface area contributed by atoms with Crippen molar-refractivity contribution in [3.63, 3.8) is 0 Å². The number of thioether (sulfide) groups is 1. The monoisotopic (exact) mass is 305 g/mol. The molecule has 0 saturated heterocycles. The van der Waals surface area contributed by atoms with Crippen LogP contribution >= 0.6 is 11.8 Å². The van der Waals surface area contributed by atoms with Gasteiger partial charge in [-0.1, -0.05) is 20.8 Å². The fourth-order valence-electron chi connectivity index (χ4n) is 4.08. The van der Waals surface area contributed by atoms with Crippen LogP contribution in [0.4, 0.5) is 0 Å². The van der Waals surface area contributed by atoms with Gasteiger partial charge in [0.25, 0.3) is 0 Å². The van der Waals surface area contributed by atoms with E-state index in [9.17, 15) is 4.79 Å². The lowest BCUT2D eigenvalue weighted by Gasteiger charge is -2.38. The molecule has 2 saturated carbocycles. The molecular formula is C17H23NO2S. The quantitative estimate of drug-likeness (QED) is 0.624. The molecule has 3 rings (SSSR count). The number of hydrogen-bond acceptors (Lipinski definition) is 4. The van der Waals surface area contributed by atoms with Gasteiger partial charge in [0.1, 0.15) is 6.10 Å². The summed E-state index contributed by atoms with van der Waals surface area (Å²) in [5, 5.41) is 0. The van der Waals surface area contributed by atoms with Crippen LogP contribution in [0.5, 0.6) is 0 Å². The molecular weight excluding hydrogens is 282 g/mol. The first-order chi connectivity index (χ1) is 9.93. The molecule has 1 aromatic heterocycles. The summed E-state index contributed by atoms with van der Waals surface area (Å²) in [5.41, 5.74) is 0.435. The van der Waals surface area contributed by atoms with Crippen molar-refractivity contribution in [3.8, 4) is 0 Å². The van der Waals surface area contributed by atoms with Crippen LogP contribution in [0.2, 0.25) is 0 Å². The summed E-state index contributed by atoms with van der Waals surface area (Å²) in [6.07, 6.45) is 7.08. The summed E-state index contributed by atoms with van der Waals surface area (Å²) in [5.74, 6) is 0.987. The minimum absolute atomic E-state index is 0.0913. The lowest BCUT2D eigenvalue weighted by atomic mass is 9.70. The van der Waals surface area contributed by atoms with Gasteiger partial charge in [-0.15, -0.1) is 11.8 Å². The van der Waals surface area contributed by atoms with Gasteiger partial charge in [-0.05, 0) is 42.7 Å². The number of esters is 1. The van der Waals surface area contributed by atoms with E-state index in [4.69, 9.17) is 4.74 Å². The molecule has 3 unspecified atom stereocenters. The first kappa shape index (κ1) is 14.9. The van der Waals surface area contributed by atoms with E-state index in [0.717, 1.165) is 11.3 Å². The predicted octanol–water partition coefficient (Wildman–Crippen LogP) is 3.93. The highest BCUT2D eigenvalue weighted by Crippen LogP contribution is 2.66. The van der Waals surface area contributed by atoms with Crippen LogP contribution in [-0.4, -0.2) is 22.8 Å². The van der Waals surface area contributed by atoms with E-state index < -0.39 is 0 Å². The van der Waals surface area contributed by atoms with Gasteiger partial charge < -0.3 is 4.74 Å². The van der Waals surface area contributed by atoms with Crippen molar-refractivity contribution < 1.29 is 9.53 Å². The van der Waals surface area contributed by atoms with Gasteiger partial charge in [-0.25, -0.2) is 0 Å². The van der Waals surface area contributed by atoms with Crippen LogP contribution in [0, 0.1) is 16.7 Å². The summed E-state index contributed by atoms with van der Waals surface area (Å²) in [4.78, 5) is 17.2. The Bertz CT molecular complexity index is 531. The van der Waals surface area contributed by atoms with Gasteiger partial charge in [0.15, 0.2) is 0 Å². The molecule has 2 bridgehead atoms. The van der Waals surface area contributed by atoms with E-state index in [0.29, 0.717) is 11.7 Å². The summed E-state index contributed by atoms with van der Waals surface area (Å²) in [7, 11) is 0. The molecule has 0 aliphatic heterocycles. The Balaban J connectivity index is 1.57. The second-order valence-electron chi connectivity index (χ2n) is 7.06. The summed E-state index contributed by atoms with van der Waals surface area (Å²) < 4.78 is 5.83. The molecule has 21 heavy (non-hydrogen) atoms. The number of ether oxygens (including phenoxy) is 1. The Labute approximate surface area is 130 Å². The van der Waals surface area contributed by atoms with Gasteiger partial charge in [-0.2, -0.15) is 0 Å². The third kappa shape index (κ3) is 2.48. The smallest absolute Gasteiger partial charge is 0.316 e. The van der Waals surface area contributed by atoms with E-state index >= 15 is 0 Å². The summed E-state index contributed by atoms with van der Waals surface area (Å²) in [6.45, 7) is 6.97. The molecule has 0 radical (unpaired) electrons. The molecule has 3 atom stereocenters. The minimum Gasteiger partial charge on any atom is -0.461 e. The SMILES string of the molecule is CC1(C)C2CCC1(C)C(OC(=O)CSc1ccncc1)C2. The molecule has 2 fully saturated rings. The largest absolute Gasteiger partial charge is 0.461 e. The third-order valence-corrected chi connectivity index (χ3v) is 6.98. The van der Waals surface area contributed by atoms with Crippen LogP contribution < -0.4 is 0 Å². The zero-order valence-electron chi connectivity index (χ0n) is 13.0. The minimum atomic E-state index is -0.0913. The van der Waals surface area contributed by atoms with Crippen LogP contribution in [0.25, 0.3) is 0 Å². The van der Waals surface area contributed by atoms with E-state index in [1.807, 2.05) is 12.1 Å². The molecule has 2 aliphatic rings. The van der Waals surface area contributed by atoms with Crippen LogP contribution in [0.1, 0.15) is 40.0 Å². The molecule has 3 nitrogen and oxygen atoms in total. The first-order valence-corrected chi connectivity index (χ1v) is 8.64. The molecule has 0 amide bonds. The maximum Gasteiger partial charge on any atom is 0.316 e. The maximum absolute atomic E-state index is 12.1. The Morgan fingerprint density at radius 1 is 1.38 bits per heavy atom. The predicted molar refractivity (Wildman–Crippen MR) is 84.1 cm³/mol. The highest BCUT2D eigenvalue weighted by atomic mass is 32.2. The average molecular weight is 305 g/mol. The van der Waals surface area contributed by atoms with Crippen LogP contribution in [0.15, 0.2) is 29.4 Å². The van der Waals surface area contributed by atoms with Crippen molar-refractivity contribution >= 4 is 17.7 Å². The van der Waals surface area contributed by atoms with E-state index in [1.54, 1.807) is 12.4 Å². The maximum atomic E-state index is 12.1. The molecule has 0 spiro atoms. The molecule has 1 heterocycles.